The lowest BCUT2D eigenvalue weighted by molar-refractivity contribution is -0.141. The topological polar surface area (TPSA) is 86.8 Å². The van der Waals surface area contributed by atoms with Crippen molar-refractivity contribution >= 4 is 62.3 Å². The third-order valence-electron chi connectivity index (χ3n) is 6.70. The van der Waals surface area contributed by atoms with Crippen LogP contribution in [0.5, 0.6) is 0 Å². The Kier molecular flexibility index (Phi) is 11.0. The zero-order valence-corrected chi connectivity index (χ0v) is 27.6. The van der Waals surface area contributed by atoms with Crippen LogP contribution in [0.3, 0.4) is 0 Å². The Labute approximate surface area is 263 Å². The van der Waals surface area contributed by atoms with E-state index in [0.29, 0.717) is 26.3 Å². The number of nitrogens with zero attached hydrogens (tertiary/aromatic N) is 2. The minimum atomic E-state index is -4.21. The van der Waals surface area contributed by atoms with Crippen LogP contribution in [-0.4, -0.2) is 43.3 Å². The Morgan fingerprint density at radius 1 is 0.881 bits per heavy atom. The number of hydrogen-bond acceptors (Lipinski definition) is 4. The van der Waals surface area contributed by atoms with Crippen molar-refractivity contribution in [1.29, 1.82) is 0 Å². The van der Waals surface area contributed by atoms with Crippen molar-refractivity contribution in [3.05, 3.63) is 92.4 Å². The number of hydrogen-bond donors (Lipinski definition) is 1. The van der Waals surface area contributed by atoms with Gasteiger partial charge in [-0.15, -0.1) is 0 Å². The fourth-order valence-electron chi connectivity index (χ4n) is 4.35. The lowest BCUT2D eigenvalue weighted by atomic mass is 10.1. The SMILES string of the molecule is CC[C@H](C(=O)NC(C)(C)C)N(Cc1ccc(Cl)cc1Cl)C(=O)CN(c1ccc(C)c(C)c1)S(=O)(=O)c1ccc(Cl)cc1. The van der Waals surface area contributed by atoms with Crippen LogP contribution >= 0.6 is 34.8 Å². The minimum Gasteiger partial charge on any atom is -0.350 e. The predicted octanol–water partition coefficient (Wildman–Crippen LogP) is 7.18. The number of halogens is 3. The summed E-state index contributed by atoms with van der Waals surface area (Å²) >= 11 is 18.6. The molecule has 42 heavy (non-hydrogen) atoms. The van der Waals surface area contributed by atoms with Crippen LogP contribution in [0.15, 0.2) is 65.6 Å². The molecule has 0 saturated heterocycles. The third kappa shape index (κ3) is 8.40. The van der Waals surface area contributed by atoms with E-state index in [1.165, 1.54) is 29.2 Å². The molecule has 0 radical (unpaired) electrons. The average molecular weight is 653 g/mol. The molecule has 0 heterocycles. The Morgan fingerprint density at radius 3 is 2.05 bits per heavy atom. The van der Waals surface area contributed by atoms with Gasteiger partial charge in [0, 0.05) is 27.2 Å². The van der Waals surface area contributed by atoms with E-state index in [-0.39, 0.29) is 23.8 Å². The molecule has 3 aromatic carbocycles. The van der Waals surface area contributed by atoms with Gasteiger partial charge in [-0.3, -0.25) is 13.9 Å². The van der Waals surface area contributed by atoms with Crippen molar-refractivity contribution in [2.45, 2.75) is 71.0 Å². The minimum absolute atomic E-state index is 0.0252. The number of aryl methyl sites for hydroxylation is 2. The number of carbonyl (C=O) groups is 2. The lowest BCUT2D eigenvalue weighted by Crippen LogP contribution is -2.55. The first-order chi connectivity index (χ1) is 19.5. The molecule has 3 rings (SSSR count). The van der Waals surface area contributed by atoms with Gasteiger partial charge in [0.05, 0.1) is 10.6 Å². The molecule has 0 aromatic heterocycles. The molecule has 2 amide bonds. The lowest BCUT2D eigenvalue weighted by Gasteiger charge is -2.35. The molecular formula is C31H36Cl3N3O4S. The van der Waals surface area contributed by atoms with Crippen molar-refractivity contribution in [2.24, 2.45) is 0 Å². The smallest absolute Gasteiger partial charge is 0.264 e. The van der Waals surface area contributed by atoms with Crippen molar-refractivity contribution in [3.63, 3.8) is 0 Å². The number of amides is 2. The second-order valence-electron chi connectivity index (χ2n) is 11.2. The molecule has 1 N–H and O–H groups in total. The molecule has 7 nitrogen and oxygen atoms in total. The summed E-state index contributed by atoms with van der Waals surface area (Å²) in [7, 11) is -4.21. The fourth-order valence-corrected chi connectivity index (χ4v) is 6.35. The number of rotatable bonds is 10. The van der Waals surface area contributed by atoms with E-state index in [9.17, 15) is 18.0 Å². The Bertz CT molecular complexity index is 1550. The first-order valence-electron chi connectivity index (χ1n) is 13.4. The summed E-state index contributed by atoms with van der Waals surface area (Å²) in [5.41, 5.74) is 2.16. The van der Waals surface area contributed by atoms with Gasteiger partial charge < -0.3 is 10.2 Å². The van der Waals surface area contributed by atoms with Crippen LogP contribution in [0, 0.1) is 13.8 Å². The van der Waals surface area contributed by atoms with Crippen LogP contribution in [0.2, 0.25) is 15.1 Å². The molecule has 0 bridgehead atoms. The number of sulfonamides is 1. The van der Waals surface area contributed by atoms with Crippen molar-refractivity contribution in [2.75, 3.05) is 10.8 Å². The van der Waals surface area contributed by atoms with Gasteiger partial charge in [-0.1, -0.05) is 53.9 Å². The second-order valence-corrected chi connectivity index (χ2v) is 14.3. The van der Waals surface area contributed by atoms with E-state index in [0.717, 1.165) is 15.4 Å². The van der Waals surface area contributed by atoms with Gasteiger partial charge in [-0.25, -0.2) is 8.42 Å². The standard InChI is InChI=1S/C31H36Cl3N3O4S/c1-7-28(30(39)35-31(4,5)6)36(18-22-9-10-24(33)17-27(22)34)29(38)19-37(25-13-8-20(2)21(3)16-25)42(40,41)26-14-11-23(32)12-15-26/h8-17,28H,7,18-19H2,1-6H3,(H,35,39)/t28-/m1/s1. The van der Waals surface area contributed by atoms with Crippen molar-refractivity contribution < 1.29 is 18.0 Å². The predicted molar refractivity (Wildman–Crippen MR) is 171 cm³/mol. The maximum absolute atomic E-state index is 14.2. The van der Waals surface area contributed by atoms with E-state index < -0.39 is 34.1 Å². The monoisotopic (exact) mass is 651 g/mol. The van der Waals surface area contributed by atoms with Crippen molar-refractivity contribution in [3.8, 4) is 0 Å². The summed E-state index contributed by atoms with van der Waals surface area (Å²) in [6.45, 7) is 10.5. The summed E-state index contributed by atoms with van der Waals surface area (Å²) in [6.07, 6.45) is 0.284. The molecular weight excluding hydrogens is 617 g/mol. The molecule has 0 aliphatic heterocycles. The van der Waals surface area contributed by atoms with Crippen LogP contribution in [-0.2, 0) is 26.2 Å². The summed E-state index contributed by atoms with van der Waals surface area (Å²) in [5.74, 6) is -0.936. The molecule has 226 valence electrons. The maximum Gasteiger partial charge on any atom is 0.264 e. The molecule has 0 aliphatic rings. The first kappa shape index (κ1) is 33.7. The summed E-state index contributed by atoms with van der Waals surface area (Å²) in [6, 6.07) is 14.9. The average Bonchev–Trinajstić information content (AvgIpc) is 2.89. The van der Waals surface area contributed by atoms with E-state index in [4.69, 9.17) is 34.8 Å². The highest BCUT2D eigenvalue weighted by Crippen LogP contribution is 2.28. The highest BCUT2D eigenvalue weighted by molar-refractivity contribution is 7.92. The fraction of sp³-hybridized carbons (Fsp3) is 0.355. The Balaban J connectivity index is 2.12. The maximum atomic E-state index is 14.2. The van der Waals surface area contributed by atoms with Gasteiger partial charge in [0.15, 0.2) is 0 Å². The largest absolute Gasteiger partial charge is 0.350 e. The number of anilines is 1. The highest BCUT2D eigenvalue weighted by Gasteiger charge is 2.35. The molecule has 1 atom stereocenters. The number of benzene rings is 3. The molecule has 0 fully saturated rings. The van der Waals surface area contributed by atoms with Crippen LogP contribution < -0.4 is 9.62 Å². The van der Waals surface area contributed by atoms with Gasteiger partial charge in [-0.05, 0) is 106 Å². The zero-order valence-electron chi connectivity index (χ0n) is 24.5. The van der Waals surface area contributed by atoms with Gasteiger partial charge >= 0.3 is 0 Å². The van der Waals surface area contributed by atoms with E-state index >= 15 is 0 Å². The van der Waals surface area contributed by atoms with Crippen LogP contribution in [0.4, 0.5) is 5.69 Å². The molecule has 0 aliphatic carbocycles. The first-order valence-corrected chi connectivity index (χ1v) is 16.0. The molecule has 0 unspecified atom stereocenters. The molecule has 0 spiro atoms. The van der Waals surface area contributed by atoms with Crippen molar-refractivity contribution in [1.82, 2.24) is 10.2 Å². The molecule has 3 aromatic rings. The second kappa shape index (κ2) is 13.7. The van der Waals surface area contributed by atoms with E-state index in [2.05, 4.69) is 5.32 Å². The Morgan fingerprint density at radius 2 is 1.50 bits per heavy atom. The van der Waals surface area contributed by atoms with Gasteiger partial charge in [0.25, 0.3) is 10.0 Å². The summed E-state index contributed by atoms with van der Waals surface area (Å²) in [5, 5.41) is 4.07. The quantitative estimate of drug-likeness (QED) is 0.251. The third-order valence-corrected chi connectivity index (χ3v) is 9.33. The van der Waals surface area contributed by atoms with Crippen LogP contribution in [0.25, 0.3) is 0 Å². The van der Waals surface area contributed by atoms with E-state index in [1.54, 1.807) is 43.3 Å². The highest BCUT2D eigenvalue weighted by atomic mass is 35.5. The Hall–Kier alpha value is -2.78. The number of nitrogens with one attached hydrogen (secondary N) is 1. The summed E-state index contributed by atoms with van der Waals surface area (Å²) in [4.78, 5) is 29.0. The van der Waals surface area contributed by atoms with Gasteiger partial charge in [0.1, 0.15) is 12.6 Å². The number of carbonyl (C=O) groups excluding carboxylic acids is 2. The van der Waals surface area contributed by atoms with Gasteiger partial charge in [-0.2, -0.15) is 0 Å². The normalized spacial score (nSPS) is 12.5. The van der Waals surface area contributed by atoms with Gasteiger partial charge in [0.2, 0.25) is 11.8 Å². The van der Waals surface area contributed by atoms with Crippen LogP contribution in [0.1, 0.15) is 50.8 Å². The summed E-state index contributed by atoms with van der Waals surface area (Å²) < 4.78 is 29.1. The van der Waals surface area contributed by atoms with E-state index in [1.807, 2.05) is 34.6 Å². The molecule has 0 saturated carbocycles. The molecule has 11 heteroatoms. The zero-order chi connectivity index (χ0) is 31.4.